The highest BCUT2D eigenvalue weighted by molar-refractivity contribution is 7.89. The molecule has 0 saturated carbocycles. The van der Waals surface area contributed by atoms with E-state index in [1.807, 2.05) is 0 Å². The molecule has 1 fully saturated rings. The number of hydrogen-bond donors (Lipinski definition) is 0. The van der Waals surface area contributed by atoms with Crippen LogP contribution in [0.3, 0.4) is 0 Å². The first-order chi connectivity index (χ1) is 9.05. The van der Waals surface area contributed by atoms with Gasteiger partial charge in [0.2, 0.25) is 10.0 Å². The average Bonchev–Trinajstić information content (AvgIpc) is 2.40. The van der Waals surface area contributed by atoms with Crippen LogP contribution in [0.5, 0.6) is 0 Å². The highest BCUT2D eigenvalue weighted by Gasteiger charge is 2.31. The zero-order valence-electron chi connectivity index (χ0n) is 10.6. The van der Waals surface area contributed by atoms with Crippen LogP contribution in [0.25, 0.3) is 0 Å². The van der Waals surface area contributed by atoms with Crippen molar-refractivity contribution in [2.75, 3.05) is 19.0 Å². The summed E-state index contributed by atoms with van der Waals surface area (Å²) in [6.07, 6.45) is 2.58. The van der Waals surface area contributed by atoms with E-state index in [1.54, 1.807) is 0 Å². The van der Waals surface area contributed by atoms with E-state index in [4.69, 9.17) is 11.6 Å². The lowest BCUT2D eigenvalue weighted by molar-refractivity contribution is 0.261. The van der Waals surface area contributed by atoms with E-state index < -0.39 is 15.8 Å². The second-order valence-corrected chi connectivity index (χ2v) is 7.06. The quantitative estimate of drug-likeness (QED) is 0.802. The fraction of sp³-hybridized carbons (Fsp3) is 0.538. The second kappa shape index (κ2) is 6.20. The molecule has 0 amide bonds. The average molecular weight is 306 g/mol. The van der Waals surface area contributed by atoms with Gasteiger partial charge < -0.3 is 0 Å². The Morgan fingerprint density at radius 1 is 1.37 bits per heavy atom. The Balaban J connectivity index is 2.22. The van der Waals surface area contributed by atoms with Gasteiger partial charge in [0.15, 0.2) is 0 Å². The number of rotatable bonds is 4. The van der Waals surface area contributed by atoms with Gasteiger partial charge in [-0.3, -0.25) is 0 Å². The third-order valence-corrected chi connectivity index (χ3v) is 5.57. The summed E-state index contributed by atoms with van der Waals surface area (Å²) in [5.41, 5.74) is 0. The first-order valence-electron chi connectivity index (χ1n) is 6.36. The molecule has 1 heterocycles. The van der Waals surface area contributed by atoms with Gasteiger partial charge >= 0.3 is 0 Å². The van der Waals surface area contributed by atoms with Gasteiger partial charge in [-0.05, 0) is 37.3 Å². The lowest BCUT2D eigenvalue weighted by Gasteiger charge is -2.31. The molecule has 1 unspecified atom stereocenters. The predicted molar refractivity (Wildman–Crippen MR) is 73.2 cm³/mol. The van der Waals surface area contributed by atoms with Crippen LogP contribution < -0.4 is 0 Å². The van der Waals surface area contributed by atoms with Crippen molar-refractivity contribution in [1.82, 2.24) is 4.31 Å². The number of benzene rings is 1. The topological polar surface area (TPSA) is 37.4 Å². The number of alkyl halides is 1. The van der Waals surface area contributed by atoms with E-state index in [2.05, 4.69) is 0 Å². The summed E-state index contributed by atoms with van der Waals surface area (Å²) in [5.74, 6) is 0.105. The molecule has 1 aliphatic rings. The molecule has 1 aromatic rings. The maximum Gasteiger partial charge on any atom is 0.245 e. The Labute approximate surface area is 118 Å². The largest absolute Gasteiger partial charge is 0.245 e. The third kappa shape index (κ3) is 3.27. The van der Waals surface area contributed by atoms with Gasteiger partial charge in [-0.15, -0.1) is 11.6 Å². The smallest absolute Gasteiger partial charge is 0.207 e. The SMILES string of the molecule is O=S(=O)(c1ccccc1F)N1CCCC(CCCl)C1. The maximum atomic E-state index is 13.7. The zero-order chi connectivity index (χ0) is 13.9. The van der Waals surface area contributed by atoms with Crippen molar-refractivity contribution in [3.8, 4) is 0 Å². The Hall–Kier alpha value is -0.650. The molecule has 2 rings (SSSR count). The van der Waals surface area contributed by atoms with Crippen LogP contribution in [0.15, 0.2) is 29.2 Å². The third-order valence-electron chi connectivity index (χ3n) is 3.45. The first kappa shape index (κ1) is 14.8. The highest BCUT2D eigenvalue weighted by Crippen LogP contribution is 2.26. The number of hydrogen-bond acceptors (Lipinski definition) is 2. The monoisotopic (exact) mass is 305 g/mol. The van der Waals surface area contributed by atoms with Crippen LogP contribution in [0.2, 0.25) is 0 Å². The molecule has 0 spiro atoms. The predicted octanol–water partition coefficient (Wildman–Crippen LogP) is 2.86. The van der Waals surface area contributed by atoms with Gasteiger partial charge in [-0.1, -0.05) is 12.1 Å². The molecule has 1 aliphatic heterocycles. The minimum absolute atomic E-state index is 0.235. The van der Waals surface area contributed by atoms with E-state index in [-0.39, 0.29) is 10.8 Å². The fourth-order valence-corrected chi connectivity index (χ4v) is 4.36. The minimum Gasteiger partial charge on any atom is -0.207 e. The Kier molecular flexibility index (Phi) is 4.81. The summed E-state index contributed by atoms with van der Waals surface area (Å²) >= 11 is 5.71. The standard InChI is InChI=1S/C13H17ClFNO2S/c14-8-7-11-4-3-9-16(10-11)19(17,18)13-6-2-1-5-12(13)15/h1-2,5-6,11H,3-4,7-10H2. The lowest BCUT2D eigenvalue weighted by atomic mass is 9.97. The summed E-state index contributed by atoms with van der Waals surface area (Å²) in [4.78, 5) is -0.235. The van der Waals surface area contributed by atoms with Crippen molar-refractivity contribution in [2.24, 2.45) is 5.92 Å². The van der Waals surface area contributed by atoms with E-state index in [0.717, 1.165) is 19.3 Å². The lowest BCUT2D eigenvalue weighted by Crippen LogP contribution is -2.40. The van der Waals surface area contributed by atoms with Crippen LogP contribution in [-0.4, -0.2) is 31.7 Å². The number of halogens is 2. The van der Waals surface area contributed by atoms with Gasteiger partial charge in [-0.25, -0.2) is 12.8 Å². The van der Waals surface area contributed by atoms with Gasteiger partial charge in [0, 0.05) is 19.0 Å². The Bertz CT molecular complexity index is 533. The van der Waals surface area contributed by atoms with E-state index in [9.17, 15) is 12.8 Å². The maximum absolute atomic E-state index is 13.7. The van der Waals surface area contributed by atoms with Gasteiger partial charge in [-0.2, -0.15) is 4.31 Å². The van der Waals surface area contributed by atoms with E-state index in [0.29, 0.717) is 19.0 Å². The number of piperidine rings is 1. The molecule has 0 aliphatic carbocycles. The van der Waals surface area contributed by atoms with Gasteiger partial charge in [0.25, 0.3) is 0 Å². The van der Waals surface area contributed by atoms with Crippen LogP contribution >= 0.6 is 11.6 Å². The Morgan fingerprint density at radius 2 is 2.11 bits per heavy atom. The molecule has 106 valence electrons. The molecule has 1 atom stereocenters. The molecule has 6 heteroatoms. The van der Waals surface area contributed by atoms with Gasteiger partial charge in [0.1, 0.15) is 10.7 Å². The molecular formula is C13H17ClFNO2S. The molecule has 1 aromatic carbocycles. The van der Waals surface area contributed by atoms with Crippen molar-refractivity contribution in [1.29, 1.82) is 0 Å². The molecule has 0 N–H and O–H groups in total. The minimum atomic E-state index is -3.73. The summed E-state index contributed by atoms with van der Waals surface area (Å²) in [6, 6.07) is 5.51. The van der Waals surface area contributed by atoms with Crippen LogP contribution in [0.4, 0.5) is 4.39 Å². The molecular weight excluding hydrogens is 289 g/mol. The zero-order valence-corrected chi connectivity index (χ0v) is 12.1. The molecule has 3 nitrogen and oxygen atoms in total. The van der Waals surface area contributed by atoms with Crippen molar-refractivity contribution in [3.05, 3.63) is 30.1 Å². The summed E-state index contributed by atoms with van der Waals surface area (Å²) in [7, 11) is -3.73. The van der Waals surface area contributed by atoms with Crippen molar-refractivity contribution >= 4 is 21.6 Å². The summed E-state index contributed by atoms with van der Waals surface area (Å²) in [6.45, 7) is 0.888. The van der Waals surface area contributed by atoms with Crippen molar-refractivity contribution < 1.29 is 12.8 Å². The van der Waals surface area contributed by atoms with Gasteiger partial charge in [0.05, 0.1) is 0 Å². The molecule has 19 heavy (non-hydrogen) atoms. The van der Waals surface area contributed by atoms with Crippen molar-refractivity contribution in [2.45, 2.75) is 24.2 Å². The van der Waals surface area contributed by atoms with Crippen LogP contribution in [0.1, 0.15) is 19.3 Å². The normalized spacial score (nSPS) is 21.5. The summed E-state index contributed by atoms with van der Waals surface area (Å²) in [5, 5.41) is 0. The molecule has 0 radical (unpaired) electrons. The van der Waals surface area contributed by atoms with E-state index in [1.165, 1.54) is 28.6 Å². The number of sulfonamides is 1. The van der Waals surface area contributed by atoms with Crippen LogP contribution in [-0.2, 0) is 10.0 Å². The Morgan fingerprint density at radius 3 is 2.79 bits per heavy atom. The second-order valence-electron chi connectivity index (χ2n) is 4.78. The highest BCUT2D eigenvalue weighted by atomic mass is 35.5. The van der Waals surface area contributed by atoms with Crippen molar-refractivity contribution in [3.63, 3.8) is 0 Å². The van der Waals surface area contributed by atoms with Crippen LogP contribution in [0, 0.1) is 11.7 Å². The molecule has 0 aromatic heterocycles. The fourth-order valence-electron chi connectivity index (χ4n) is 2.43. The molecule has 0 bridgehead atoms. The first-order valence-corrected chi connectivity index (χ1v) is 8.34. The number of nitrogens with zero attached hydrogens (tertiary/aromatic N) is 1. The molecule has 1 saturated heterocycles. The van der Waals surface area contributed by atoms with E-state index >= 15 is 0 Å². The summed E-state index contributed by atoms with van der Waals surface area (Å²) < 4.78 is 39.9.